The molecule has 0 aliphatic carbocycles. The molecule has 1 aromatic rings. The number of aliphatic carboxylic acids is 1. The second-order valence-corrected chi connectivity index (χ2v) is 4.95. The first kappa shape index (κ1) is 15.3. The molecule has 104 valence electrons. The van der Waals surface area contributed by atoms with Crippen LogP contribution in [0.15, 0.2) is 24.3 Å². The fourth-order valence-electron chi connectivity index (χ4n) is 1.54. The summed E-state index contributed by atoms with van der Waals surface area (Å²) in [5, 5.41) is 14.6. The number of hydrogen-bond donors (Lipinski definition) is 3. The lowest BCUT2D eigenvalue weighted by atomic mass is 10.1. The number of benzene rings is 1. The predicted octanol–water partition coefficient (Wildman–Crippen LogP) is 2.25. The van der Waals surface area contributed by atoms with Crippen molar-refractivity contribution in [1.29, 1.82) is 0 Å². The van der Waals surface area contributed by atoms with Crippen molar-refractivity contribution in [1.82, 2.24) is 10.6 Å². The molecule has 0 fully saturated rings. The number of amides is 2. The molecule has 1 unspecified atom stereocenters. The Hall–Kier alpha value is -1.75. The van der Waals surface area contributed by atoms with Gasteiger partial charge in [0.1, 0.15) is 6.04 Å². The van der Waals surface area contributed by atoms with Gasteiger partial charge in [-0.15, -0.1) is 0 Å². The summed E-state index contributed by atoms with van der Waals surface area (Å²) in [6.45, 7) is 3.75. The first-order valence-corrected chi connectivity index (χ1v) is 6.29. The van der Waals surface area contributed by atoms with E-state index in [0.717, 1.165) is 5.56 Å². The molecule has 19 heavy (non-hydrogen) atoms. The zero-order valence-corrected chi connectivity index (χ0v) is 11.6. The Labute approximate surface area is 117 Å². The van der Waals surface area contributed by atoms with Crippen LogP contribution in [0.1, 0.15) is 19.4 Å². The number of carboxylic acids is 1. The molecule has 1 rings (SSSR count). The molecule has 5 nitrogen and oxygen atoms in total. The maximum Gasteiger partial charge on any atom is 0.326 e. The van der Waals surface area contributed by atoms with Gasteiger partial charge in [-0.25, -0.2) is 9.59 Å². The summed E-state index contributed by atoms with van der Waals surface area (Å²) in [6.07, 6.45) is 0. The molecule has 1 atom stereocenters. The van der Waals surface area contributed by atoms with Gasteiger partial charge in [-0.1, -0.05) is 37.6 Å². The first-order chi connectivity index (χ1) is 8.90. The monoisotopic (exact) mass is 284 g/mol. The van der Waals surface area contributed by atoms with E-state index in [1.54, 1.807) is 32.0 Å². The Balaban J connectivity index is 2.49. The van der Waals surface area contributed by atoms with Gasteiger partial charge in [0.15, 0.2) is 0 Å². The normalized spacial score (nSPS) is 12.0. The summed E-state index contributed by atoms with van der Waals surface area (Å²) in [6, 6.07) is 5.67. The highest BCUT2D eigenvalue weighted by atomic mass is 35.5. The lowest BCUT2D eigenvalue weighted by molar-refractivity contribution is -0.140. The maximum absolute atomic E-state index is 11.6. The van der Waals surface area contributed by atoms with Crippen molar-refractivity contribution in [2.75, 3.05) is 0 Å². The Morgan fingerprint density at radius 2 is 2.05 bits per heavy atom. The zero-order chi connectivity index (χ0) is 14.4. The van der Waals surface area contributed by atoms with Crippen LogP contribution < -0.4 is 10.6 Å². The van der Waals surface area contributed by atoms with Gasteiger partial charge in [0.25, 0.3) is 0 Å². The number of rotatable bonds is 5. The lowest BCUT2D eigenvalue weighted by Gasteiger charge is -2.18. The van der Waals surface area contributed by atoms with Gasteiger partial charge in [0.2, 0.25) is 0 Å². The van der Waals surface area contributed by atoms with Crippen LogP contribution in [0.25, 0.3) is 0 Å². The van der Waals surface area contributed by atoms with Crippen LogP contribution in [0.5, 0.6) is 0 Å². The molecule has 2 amide bonds. The lowest BCUT2D eigenvalue weighted by Crippen LogP contribution is -2.48. The quantitative estimate of drug-likeness (QED) is 0.776. The van der Waals surface area contributed by atoms with Crippen LogP contribution in [0, 0.1) is 5.92 Å². The van der Waals surface area contributed by atoms with Crippen molar-refractivity contribution < 1.29 is 14.7 Å². The molecular weight excluding hydrogens is 268 g/mol. The van der Waals surface area contributed by atoms with Crippen LogP contribution in [0.2, 0.25) is 5.02 Å². The number of urea groups is 1. The van der Waals surface area contributed by atoms with Crippen LogP contribution in [-0.2, 0) is 11.3 Å². The van der Waals surface area contributed by atoms with Crippen LogP contribution >= 0.6 is 11.6 Å². The molecule has 0 bridgehead atoms. The predicted molar refractivity (Wildman–Crippen MR) is 73.1 cm³/mol. The Kier molecular flexibility index (Phi) is 5.63. The van der Waals surface area contributed by atoms with E-state index < -0.39 is 18.0 Å². The van der Waals surface area contributed by atoms with Crippen LogP contribution in [0.4, 0.5) is 4.79 Å². The van der Waals surface area contributed by atoms with E-state index in [2.05, 4.69) is 10.6 Å². The standard InChI is InChI=1S/C13H17ClN2O3/c1-8(2)11(12(17)18)16-13(19)15-7-9-4-3-5-10(14)6-9/h3-6,8,11H,7H2,1-2H3,(H,17,18)(H2,15,16,19). The van der Waals surface area contributed by atoms with Crippen molar-refractivity contribution in [3.05, 3.63) is 34.9 Å². The molecule has 0 saturated heterocycles. The smallest absolute Gasteiger partial charge is 0.326 e. The molecule has 0 heterocycles. The fraction of sp³-hybridized carbons (Fsp3) is 0.385. The van der Waals surface area contributed by atoms with Crippen molar-refractivity contribution in [2.45, 2.75) is 26.4 Å². The van der Waals surface area contributed by atoms with E-state index in [9.17, 15) is 9.59 Å². The molecule has 0 radical (unpaired) electrons. The number of carboxylic acid groups (broad SMARTS) is 1. The summed E-state index contributed by atoms with van der Waals surface area (Å²) in [4.78, 5) is 22.5. The number of nitrogens with one attached hydrogen (secondary N) is 2. The number of hydrogen-bond acceptors (Lipinski definition) is 2. The van der Waals surface area contributed by atoms with E-state index in [0.29, 0.717) is 5.02 Å². The summed E-state index contributed by atoms with van der Waals surface area (Å²) < 4.78 is 0. The summed E-state index contributed by atoms with van der Waals surface area (Å²) in [5.74, 6) is -1.23. The molecule has 0 spiro atoms. The van der Waals surface area contributed by atoms with Gasteiger partial charge < -0.3 is 15.7 Å². The average Bonchev–Trinajstić information content (AvgIpc) is 2.32. The van der Waals surface area contributed by atoms with Crippen molar-refractivity contribution >= 4 is 23.6 Å². The number of halogens is 1. The average molecular weight is 285 g/mol. The summed E-state index contributed by atoms with van der Waals surface area (Å²) in [7, 11) is 0. The summed E-state index contributed by atoms with van der Waals surface area (Å²) >= 11 is 5.82. The molecular formula is C13H17ClN2O3. The fourth-order valence-corrected chi connectivity index (χ4v) is 1.75. The van der Waals surface area contributed by atoms with E-state index in [4.69, 9.17) is 16.7 Å². The minimum Gasteiger partial charge on any atom is -0.480 e. The highest BCUT2D eigenvalue weighted by Gasteiger charge is 2.23. The Bertz CT molecular complexity index is 463. The molecule has 6 heteroatoms. The molecule has 0 saturated carbocycles. The maximum atomic E-state index is 11.6. The van der Waals surface area contributed by atoms with E-state index in [1.807, 2.05) is 6.07 Å². The minimum absolute atomic E-state index is 0.186. The number of carbonyl (C=O) groups is 2. The Morgan fingerprint density at radius 3 is 2.58 bits per heavy atom. The highest BCUT2D eigenvalue weighted by Crippen LogP contribution is 2.10. The molecule has 0 aliphatic rings. The second-order valence-electron chi connectivity index (χ2n) is 4.52. The molecule has 3 N–H and O–H groups in total. The zero-order valence-electron chi connectivity index (χ0n) is 10.8. The van der Waals surface area contributed by atoms with Gasteiger partial charge in [-0.3, -0.25) is 0 Å². The van der Waals surface area contributed by atoms with Gasteiger partial charge >= 0.3 is 12.0 Å². The van der Waals surface area contributed by atoms with Gasteiger partial charge in [0, 0.05) is 11.6 Å². The van der Waals surface area contributed by atoms with Gasteiger partial charge in [-0.2, -0.15) is 0 Å². The molecule has 1 aromatic carbocycles. The van der Waals surface area contributed by atoms with Crippen molar-refractivity contribution in [3.63, 3.8) is 0 Å². The van der Waals surface area contributed by atoms with E-state index in [1.165, 1.54) is 0 Å². The topological polar surface area (TPSA) is 78.4 Å². The largest absolute Gasteiger partial charge is 0.480 e. The van der Waals surface area contributed by atoms with E-state index >= 15 is 0 Å². The van der Waals surface area contributed by atoms with Gasteiger partial charge in [0.05, 0.1) is 0 Å². The first-order valence-electron chi connectivity index (χ1n) is 5.91. The van der Waals surface area contributed by atoms with Gasteiger partial charge in [-0.05, 0) is 23.6 Å². The third kappa shape index (κ3) is 5.18. The van der Waals surface area contributed by atoms with Crippen LogP contribution in [-0.4, -0.2) is 23.1 Å². The van der Waals surface area contributed by atoms with Crippen molar-refractivity contribution in [2.24, 2.45) is 5.92 Å². The van der Waals surface area contributed by atoms with Crippen LogP contribution in [0.3, 0.4) is 0 Å². The third-order valence-electron chi connectivity index (χ3n) is 2.56. The summed E-state index contributed by atoms with van der Waals surface area (Å²) in [5.41, 5.74) is 0.846. The number of carbonyl (C=O) groups excluding carboxylic acids is 1. The highest BCUT2D eigenvalue weighted by molar-refractivity contribution is 6.30. The minimum atomic E-state index is -1.05. The molecule has 0 aliphatic heterocycles. The molecule has 0 aromatic heterocycles. The van der Waals surface area contributed by atoms with E-state index in [-0.39, 0.29) is 12.5 Å². The third-order valence-corrected chi connectivity index (χ3v) is 2.80. The van der Waals surface area contributed by atoms with Crippen molar-refractivity contribution in [3.8, 4) is 0 Å². The SMILES string of the molecule is CC(C)C(NC(=O)NCc1cccc(Cl)c1)C(=O)O. The second kappa shape index (κ2) is 6.99. The Morgan fingerprint density at radius 1 is 1.37 bits per heavy atom.